The third-order valence-corrected chi connectivity index (χ3v) is 2.73. The third kappa shape index (κ3) is 3.71. The number of ether oxygens (including phenoxy) is 1. The number of hydrogen-bond donors (Lipinski definition) is 0. The molecular weight excluding hydrogens is 220 g/mol. The van der Waals surface area contributed by atoms with Gasteiger partial charge in [-0.25, -0.2) is 0 Å². The maximum absolute atomic E-state index is 5.76. The van der Waals surface area contributed by atoms with Crippen LogP contribution in [0.25, 0.3) is 11.1 Å². The van der Waals surface area contributed by atoms with Crippen LogP contribution in [0.2, 0.25) is 0 Å². The van der Waals surface area contributed by atoms with Gasteiger partial charge >= 0.3 is 0 Å². The highest BCUT2D eigenvalue weighted by molar-refractivity contribution is 5.63. The molecule has 0 N–H and O–H groups in total. The first-order chi connectivity index (χ1) is 8.54. The van der Waals surface area contributed by atoms with Gasteiger partial charge in [0.15, 0.2) is 0 Å². The van der Waals surface area contributed by atoms with Crippen molar-refractivity contribution in [3.8, 4) is 11.1 Å². The van der Waals surface area contributed by atoms with Crippen molar-refractivity contribution in [3.63, 3.8) is 0 Å². The van der Waals surface area contributed by atoms with Crippen LogP contribution >= 0.6 is 0 Å². The summed E-state index contributed by atoms with van der Waals surface area (Å²) in [5.41, 5.74) is 3.62. The molecule has 0 amide bonds. The van der Waals surface area contributed by atoms with Gasteiger partial charge in [-0.3, -0.25) is 0 Å². The molecular formula is C17H20O. The van der Waals surface area contributed by atoms with Gasteiger partial charge in [-0.1, -0.05) is 54.6 Å². The largest absolute Gasteiger partial charge is 0.371 e. The lowest BCUT2D eigenvalue weighted by Crippen LogP contribution is -2.18. The van der Waals surface area contributed by atoms with Gasteiger partial charge in [0.1, 0.15) is 0 Å². The average Bonchev–Trinajstić information content (AvgIpc) is 2.37. The van der Waals surface area contributed by atoms with Crippen molar-refractivity contribution in [2.24, 2.45) is 0 Å². The first kappa shape index (κ1) is 12.8. The summed E-state index contributed by atoms with van der Waals surface area (Å²) in [5, 5.41) is 0. The highest BCUT2D eigenvalue weighted by Crippen LogP contribution is 2.20. The summed E-state index contributed by atoms with van der Waals surface area (Å²) in [5.74, 6) is 0. The van der Waals surface area contributed by atoms with Crippen molar-refractivity contribution < 1.29 is 4.74 Å². The fourth-order valence-electron chi connectivity index (χ4n) is 1.72. The Balaban J connectivity index is 2.07. The SMILES string of the molecule is CC(C)(C)OCc1ccc(-c2ccccc2)cc1. The van der Waals surface area contributed by atoms with Crippen LogP contribution in [0, 0.1) is 0 Å². The third-order valence-electron chi connectivity index (χ3n) is 2.73. The van der Waals surface area contributed by atoms with Crippen molar-refractivity contribution in [1.82, 2.24) is 0 Å². The Kier molecular flexibility index (Phi) is 3.83. The Labute approximate surface area is 109 Å². The van der Waals surface area contributed by atoms with Crippen LogP contribution in [0.5, 0.6) is 0 Å². The van der Waals surface area contributed by atoms with E-state index in [-0.39, 0.29) is 5.60 Å². The lowest BCUT2D eigenvalue weighted by molar-refractivity contribution is -0.0149. The van der Waals surface area contributed by atoms with Gasteiger partial charge in [0.2, 0.25) is 0 Å². The molecule has 2 aromatic rings. The summed E-state index contributed by atoms with van der Waals surface area (Å²) < 4.78 is 5.76. The lowest BCUT2D eigenvalue weighted by atomic mass is 10.0. The zero-order valence-corrected chi connectivity index (χ0v) is 11.3. The molecule has 0 aromatic heterocycles. The average molecular weight is 240 g/mol. The van der Waals surface area contributed by atoms with Crippen LogP contribution in [-0.2, 0) is 11.3 Å². The molecule has 0 spiro atoms. The zero-order chi connectivity index (χ0) is 13.0. The fraction of sp³-hybridized carbons (Fsp3) is 0.294. The number of benzene rings is 2. The van der Waals surface area contributed by atoms with Gasteiger partial charge in [0.05, 0.1) is 12.2 Å². The molecule has 0 saturated heterocycles. The molecule has 0 heterocycles. The lowest BCUT2D eigenvalue weighted by Gasteiger charge is -2.19. The second kappa shape index (κ2) is 5.36. The van der Waals surface area contributed by atoms with Crippen LogP contribution in [0.3, 0.4) is 0 Å². The quantitative estimate of drug-likeness (QED) is 0.757. The second-order valence-corrected chi connectivity index (χ2v) is 5.46. The van der Waals surface area contributed by atoms with Crippen molar-refractivity contribution in [1.29, 1.82) is 0 Å². The Morgan fingerprint density at radius 3 is 1.89 bits per heavy atom. The van der Waals surface area contributed by atoms with Crippen molar-refractivity contribution in [2.75, 3.05) is 0 Å². The summed E-state index contributed by atoms with van der Waals surface area (Å²) in [4.78, 5) is 0. The molecule has 18 heavy (non-hydrogen) atoms. The first-order valence-corrected chi connectivity index (χ1v) is 6.33. The van der Waals surface area contributed by atoms with E-state index in [0.29, 0.717) is 6.61 Å². The molecule has 0 aliphatic carbocycles. The monoisotopic (exact) mass is 240 g/mol. The maximum atomic E-state index is 5.76. The molecule has 0 unspecified atom stereocenters. The summed E-state index contributed by atoms with van der Waals surface area (Å²) in [6.07, 6.45) is 0. The topological polar surface area (TPSA) is 9.23 Å². The van der Waals surface area contributed by atoms with E-state index >= 15 is 0 Å². The van der Waals surface area contributed by atoms with Gasteiger partial charge in [0.25, 0.3) is 0 Å². The van der Waals surface area contributed by atoms with Crippen LogP contribution in [0.15, 0.2) is 54.6 Å². The van der Waals surface area contributed by atoms with E-state index < -0.39 is 0 Å². The van der Waals surface area contributed by atoms with E-state index in [9.17, 15) is 0 Å². The van der Waals surface area contributed by atoms with E-state index in [4.69, 9.17) is 4.74 Å². The molecule has 0 bridgehead atoms. The van der Waals surface area contributed by atoms with E-state index in [1.165, 1.54) is 16.7 Å². The molecule has 2 aromatic carbocycles. The minimum atomic E-state index is -0.0852. The first-order valence-electron chi connectivity index (χ1n) is 6.33. The number of hydrogen-bond acceptors (Lipinski definition) is 1. The minimum absolute atomic E-state index is 0.0852. The molecule has 2 rings (SSSR count). The molecule has 0 radical (unpaired) electrons. The summed E-state index contributed by atoms with van der Waals surface area (Å²) >= 11 is 0. The van der Waals surface area contributed by atoms with Gasteiger partial charge < -0.3 is 4.74 Å². The van der Waals surface area contributed by atoms with Crippen molar-refractivity contribution in [2.45, 2.75) is 33.0 Å². The minimum Gasteiger partial charge on any atom is -0.371 e. The van der Waals surface area contributed by atoms with Crippen molar-refractivity contribution >= 4 is 0 Å². The van der Waals surface area contributed by atoms with Gasteiger partial charge in [-0.15, -0.1) is 0 Å². The highest BCUT2D eigenvalue weighted by Gasteiger charge is 2.09. The van der Waals surface area contributed by atoms with Crippen LogP contribution in [0.1, 0.15) is 26.3 Å². The Hall–Kier alpha value is -1.60. The van der Waals surface area contributed by atoms with Gasteiger partial charge in [-0.05, 0) is 37.5 Å². The van der Waals surface area contributed by atoms with Crippen molar-refractivity contribution in [3.05, 3.63) is 60.2 Å². The normalized spacial score (nSPS) is 11.5. The van der Waals surface area contributed by atoms with E-state index in [1.807, 2.05) is 6.07 Å². The fourth-order valence-corrected chi connectivity index (χ4v) is 1.72. The Morgan fingerprint density at radius 2 is 1.33 bits per heavy atom. The maximum Gasteiger partial charge on any atom is 0.0724 e. The second-order valence-electron chi connectivity index (χ2n) is 5.46. The molecule has 1 heteroatoms. The molecule has 0 saturated carbocycles. The summed E-state index contributed by atoms with van der Waals surface area (Å²) in [7, 11) is 0. The van der Waals surface area contributed by atoms with Gasteiger partial charge in [-0.2, -0.15) is 0 Å². The molecule has 1 nitrogen and oxygen atoms in total. The predicted molar refractivity (Wildman–Crippen MR) is 76.4 cm³/mol. The number of rotatable bonds is 3. The predicted octanol–water partition coefficient (Wildman–Crippen LogP) is 4.67. The molecule has 0 aliphatic heterocycles. The van der Waals surface area contributed by atoms with Crippen LogP contribution in [-0.4, -0.2) is 5.60 Å². The molecule has 0 atom stereocenters. The molecule has 0 aliphatic rings. The smallest absolute Gasteiger partial charge is 0.0724 e. The highest BCUT2D eigenvalue weighted by atomic mass is 16.5. The Morgan fingerprint density at radius 1 is 0.778 bits per heavy atom. The van der Waals surface area contributed by atoms with Crippen LogP contribution in [0.4, 0.5) is 0 Å². The Bertz CT molecular complexity index is 477. The summed E-state index contributed by atoms with van der Waals surface area (Å²) in [6, 6.07) is 19.0. The van der Waals surface area contributed by atoms with Crippen LogP contribution < -0.4 is 0 Å². The molecule has 94 valence electrons. The standard InChI is InChI=1S/C17H20O/c1-17(2,3)18-13-14-9-11-16(12-10-14)15-7-5-4-6-8-15/h4-12H,13H2,1-3H3. The summed E-state index contributed by atoms with van der Waals surface area (Å²) in [6.45, 7) is 6.89. The van der Waals surface area contributed by atoms with E-state index in [0.717, 1.165) is 0 Å². The zero-order valence-electron chi connectivity index (χ0n) is 11.3. The van der Waals surface area contributed by atoms with Gasteiger partial charge in [0, 0.05) is 0 Å². The van der Waals surface area contributed by atoms with E-state index in [2.05, 4.69) is 69.3 Å². The molecule has 0 fully saturated rings. The van der Waals surface area contributed by atoms with E-state index in [1.54, 1.807) is 0 Å².